The molecule has 0 aliphatic heterocycles. The molecule has 1 aromatic heterocycles. The maximum Gasteiger partial charge on any atom is 0.0482 e. The van der Waals surface area contributed by atoms with E-state index in [1.54, 1.807) is 6.20 Å². The molecule has 1 heterocycles. The molecule has 1 unspecified atom stereocenters. The number of pyridine rings is 1. The van der Waals surface area contributed by atoms with Crippen molar-refractivity contribution in [3.05, 3.63) is 63.3 Å². The molecule has 0 spiro atoms. The van der Waals surface area contributed by atoms with Crippen molar-refractivity contribution in [1.82, 2.24) is 9.88 Å². The van der Waals surface area contributed by atoms with Crippen LogP contribution in [0.3, 0.4) is 0 Å². The maximum absolute atomic E-state index is 5.99. The Hall–Kier alpha value is -0.940. The third-order valence-corrected chi connectivity index (χ3v) is 4.15. The van der Waals surface area contributed by atoms with Gasteiger partial charge in [0.25, 0.3) is 0 Å². The van der Waals surface area contributed by atoms with Crippen molar-refractivity contribution in [2.45, 2.75) is 12.6 Å². The maximum atomic E-state index is 5.99. The van der Waals surface area contributed by atoms with Crippen molar-refractivity contribution in [2.75, 3.05) is 13.6 Å². The van der Waals surface area contributed by atoms with Gasteiger partial charge >= 0.3 is 0 Å². The molecule has 5 heteroatoms. The summed E-state index contributed by atoms with van der Waals surface area (Å²) in [5, 5.41) is 0.714. The standard InChI is InChI=1S/C15H17BrClN3/c1-20(10-11-3-2-6-19-9-11)15(8-18)13-5-4-12(17)7-14(13)16/h2-7,9,15H,8,10,18H2,1H3. The van der Waals surface area contributed by atoms with Gasteiger partial charge in [-0.15, -0.1) is 0 Å². The zero-order valence-electron chi connectivity index (χ0n) is 11.3. The van der Waals surface area contributed by atoms with Crippen LogP contribution >= 0.6 is 27.5 Å². The molecule has 20 heavy (non-hydrogen) atoms. The second-order valence-electron chi connectivity index (χ2n) is 4.69. The lowest BCUT2D eigenvalue weighted by Crippen LogP contribution is -2.30. The molecule has 0 saturated heterocycles. The van der Waals surface area contributed by atoms with Gasteiger partial charge in [-0.3, -0.25) is 9.88 Å². The lowest BCUT2D eigenvalue weighted by molar-refractivity contribution is 0.241. The van der Waals surface area contributed by atoms with Crippen LogP contribution in [0.4, 0.5) is 0 Å². The molecule has 2 rings (SSSR count). The molecule has 3 nitrogen and oxygen atoms in total. The Bertz CT molecular complexity index is 562. The van der Waals surface area contributed by atoms with Crippen molar-refractivity contribution in [3.63, 3.8) is 0 Å². The Balaban J connectivity index is 2.19. The number of nitrogens with two attached hydrogens (primary N) is 1. The topological polar surface area (TPSA) is 42.2 Å². The highest BCUT2D eigenvalue weighted by Crippen LogP contribution is 2.29. The van der Waals surface area contributed by atoms with Crippen LogP contribution in [0.25, 0.3) is 0 Å². The van der Waals surface area contributed by atoms with Crippen molar-refractivity contribution >= 4 is 27.5 Å². The summed E-state index contributed by atoms with van der Waals surface area (Å²) in [5.74, 6) is 0. The number of hydrogen-bond donors (Lipinski definition) is 1. The van der Waals surface area contributed by atoms with E-state index in [0.29, 0.717) is 11.6 Å². The zero-order valence-corrected chi connectivity index (χ0v) is 13.6. The summed E-state index contributed by atoms with van der Waals surface area (Å²) in [6.07, 6.45) is 3.65. The van der Waals surface area contributed by atoms with E-state index < -0.39 is 0 Å². The smallest absolute Gasteiger partial charge is 0.0482 e. The van der Waals surface area contributed by atoms with E-state index >= 15 is 0 Å². The predicted octanol–water partition coefficient (Wildman–Crippen LogP) is 3.63. The first-order valence-corrected chi connectivity index (χ1v) is 7.53. The molecule has 2 aromatic rings. The average Bonchev–Trinajstić information content (AvgIpc) is 2.43. The number of halogens is 2. The lowest BCUT2D eigenvalue weighted by Gasteiger charge is -2.28. The fourth-order valence-corrected chi connectivity index (χ4v) is 3.15. The molecular weight excluding hydrogens is 338 g/mol. The average molecular weight is 355 g/mol. The highest BCUT2D eigenvalue weighted by molar-refractivity contribution is 9.10. The molecular formula is C15H17BrClN3. The molecule has 2 N–H and O–H groups in total. The van der Waals surface area contributed by atoms with E-state index in [1.165, 1.54) is 5.56 Å². The van der Waals surface area contributed by atoms with Gasteiger partial charge in [-0.25, -0.2) is 0 Å². The number of likely N-dealkylation sites (N-methyl/N-ethyl adjacent to an activating group) is 1. The summed E-state index contributed by atoms with van der Waals surface area (Å²) in [5.41, 5.74) is 8.26. The van der Waals surface area contributed by atoms with Gasteiger partial charge in [0, 0.05) is 41.0 Å². The number of hydrogen-bond acceptors (Lipinski definition) is 3. The largest absolute Gasteiger partial charge is 0.329 e. The first-order chi connectivity index (χ1) is 9.61. The number of benzene rings is 1. The molecule has 0 fully saturated rings. The molecule has 1 aromatic carbocycles. The van der Waals surface area contributed by atoms with Crippen molar-refractivity contribution in [1.29, 1.82) is 0 Å². The van der Waals surface area contributed by atoms with E-state index in [1.807, 2.05) is 30.5 Å². The summed E-state index contributed by atoms with van der Waals surface area (Å²) in [6, 6.07) is 9.94. The third-order valence-electron chi connectivity index (χ3n) is 3.23. The summed E-state index contributed by atoms with van der Waals surface area (Å²) in [6.45, 7) is 1.34. The summed E-state index contributed by atoms with van der Waals surface area (Å²) < 4.78 is 0.985. The Kier molecular flexibility index (Phi) is 5.54. The van der Waals surface area contributed by atoms with Crippen LogP contribution in [0.5, 0.6) is 0 Å². The monoisotopic (exact) mass is 353 g/mol. The van der Waals surface area contributed by atoms with E-state index in [2.05, 4.69) is 38.9 Å². The van der Waals surface area contributed by atoms with Crippen LogP contribution in [-0.4, -0.2) is 23.5 Å². The quantitative estimate of drug-likeness (QED) is 0.891. The summed E-state index contributed by atoms with van der Waals surface area (Å²) in [4.78, 5) is 6.35. The van der Waals surface area contributed by atoms with Gasteiger partial charge < -0.3 is 5.73 Å². The van der Waals surface area contributed by atoms with E-state index in [-0.39, 0.29) is 6.04 Å². The molecule has 0 amide bonds. The van der Waals surface area contributed by atoms with Crippen LogP contribution in [0, 0.1) is 0 Å². The zero-order chi connectivity index (χ0) is 14.5. The Labute approximate surface area is 132 Å². The van der Waals surface area contributed by atoms with Crippen LogP contribution in [0.1, 0.15) is 17.2 Å². The van der Waals surface area contributed by atoms with Crippen molar-refractivity contribution < 1.29 is 0 Å². The SMILES string of the molecule is CN(Cc1cccnc1)C(CN)c1ccc(Cl)cc1Br. The molecule has 106 valence electrons. The molecule has 0 saturated carbocycles. The van der Waals surface area contributed by atoms with E-state index in [9.17, 15) is 0 Å². The fourth-order valence-electron chi connectivity index (χ4n) is 2.21. The first kappa shape index (κ1) is 15.4. The Morgan fingerprint density at radius 1 is 1.40 bits per heavy atom. The van der Waals surface area contributed by atoms with Crippen molar-refractivity contribution in [2.24, 2.45) is 5.73 Å². The second-order valence-corrected chi connectivity index (χ2v) is 5.98. The summed E-state index contributed by atoms with van der Waals surface area (Å²) in [7, 11) is 2.06. The highest BCUT2D eigenvalue weighted by atomic mass is 79.9. The van der Waals surface area contributed by atoms with Gasteiger partial charge in [-0.1, -0.05) is 39.7 Å². The van der Waals surface area contributed by atoms with E-state index in [4.69, 9.17) is 17.3 Å². The minimum atomic E-state index is 0.127. The first-order valence-electron chi connectivity index (χ1n) is 6.36. The van der Waals surface area contributed by atoms with Gasteiger partial charge in [-0.2, -0.15) is 0 Å². The van der Waals surface area contributed by atoms with E-state index in [0.717, 1.165) is 16.6 Å². The fraction of sp³-hybridized carbons (Fsp3) is 0.267. The van der Waals surface area contributed by atoms with Crippen LogP contribution in [0.2, 0.25) is 5.02 Å². The van der Waals surface area contributed by atoms with Gasteiger partial charge in [0.2, 0.25) is 0 Å². The van der Waals surface area contributed by atoms with Crippen molar-refractivity contribution in [3.8, 4) is 0 Å². The number of rotatable bonds is 5. The van der Waals surface area contributed by atoms with Gasteiger partial charge in [0.1, 0.15) is 0 Å². The minimum absolute atomic E-state index is 0.127. The predicted molar refractivity (Wildman–Crippen MR) is 86.7 cm³/mol. The Morgan fingerprint density at radius 3 is 2.80 bits per heavy atom. The van der Waals surface area contributed by atoms with Gasteiger partial charge in [0.05, 0.1) is 0 Å². The molecule has 0 aliphatic carbocycles. The normalized spacial score (nSPS) is 12.7. The van der Waals surface area contributed by atoms with Crippen LogP contribution < -0.4 is 5.73 Å². The molecule has 0 aliphatic rings. The van der Waals surface area contributed by atoms with Gasteiger partial charge in [0.15, 0.2) is 0 Å². The molecule has 0 bridgehead atoms. The number of aromatic nitrogens is 1. The van der Waals surface area contributed by atoms with Gasteiger partial charge in [-0.05, 0) is 36.4 Å². The second kappa shape index (κ2) is 7.18. The lowest BCUT2D eigenvalue weighted by atomic mass is 10.1. The molecule has 1 atom stereocenters. The van der Waals surface area contributed by atoms with Crippen LogP contribution in [-0.2, 0) is 6.54 Å². The Morgan fingerprint density at radius 2 is 2.20 bits per heavy atom. The van der Waals surface area contributed by atoms with Crippen LogP contribution in [0.15, 0.2) is 47.2 Å². The summed E-state index contributed by atoms with van der Waals surface area (Å²) >= 11 is 9.55. The molecule has 0 radical (unpaired) electrons. The number of nitrogens with zero attached hydrogens (tertiary/aromatic N) is 2. The third kappa shape index (κ3) is 3.79. The highest BCUT2D eigenvalue weighted by Gasteiger charge is 2.18. The minimum Gasteiger partial charge on any atom is -0.329 e.